The first-order valence-electron chi connectivity index (χ1n) is 5.11. The van der Waals surface area contributed by atoms with Gasteiger partial charge in [0, 0.05) is 24.2 Å². The minimum Gasteiger partial charge on any atom is -0.354 e. The summed E-state index contributed by atoms with van der Waals surface area (Å²) in [5, 5.41) is 6.81. The number of aromatic nitrogens is 2. The van der Waals surface area contributed by atoms with Crippen LogP contribution in [-0.2, 0) is 5.41 Å². The molecule has 2 heterocycles. The van der Waals surface area contributed by atoms with Crippen LogP contribution in [0.15, 0.2) is 0 Å². The Morgan fingerprint density at radius 3 is 2.62 bits per heavy atom. The van der Waals surface area contributed by atoms with Gasteiger partial charge in [-0.2, -0.15) is 4.20 Å². The number of hydrogen-bond donors (Lipinski definition) is 1. The summed E-state index contributed by atoms with van der Waals surface area (Å²) >= 11 is 6.05. The SMILES string of the molecule is CN1CNC(=O)c2nn(Cl)c(C(C)(C)C)c21. The predicted molar refractivity (Wildman–Crippen MR) is 62.9 cm³/mol. The monoisotopic (exact) mass is 242 g/mol. The minimum atomic E-state index is -0.169. The van der Waals surface area contributed by atoms with Crippen molar-refractivity contribution in [3.05, 3.63) is 11.4 Å². The van der Waals surface area contributed by atoms with Gasteiger partial charge in [-0.25, -0.2) is 0 Å². The van der Waals surface area contributed by atoms with Crippen LogP contribution in [-0.4, -0.2) is 28.9 Å². The van der Waals surface area contributed by atoms with E-state index in [9.17, 15) is 4.79 Å². The molecule has 0 saturated heterocycles. The number of anilines is 1. The maximum Gasteiger partial charge on any atom is 0.275 e. The van der Waals surface area contributed by atoms with E-state index in [1.54, 1.807) is 0 Å². The first-order chi connectivity index (χ1) is 7.32. The molecule has 1 aliphatic heterocycles. The van der Waals surface area contributed by atoms with Gasteiger partial charge < -0.3 is 10.2 Å². The quantitative estimate of drug-likeness (QED) is 0.747. The van der Waals surface area contributed by atoms with E-state index >= 15 is 0 Å². The van der Waals surface area contributed by atoms with Crippen molar-refractivity contribution in [1.82, 2.24) is 14.6 Å². The van der Waals surface area contributed by atoms with Crippen molar-refractivity contribution in [1.29, 1.82) is 0 Å². The molecular weight excluding hydrogens is 228 g/mol. The van der Waals surface area contributed by atoms with Gasteiger partial charge in [-0.1, -0.05) is 20.8 Å². The molecule has 0 aromatic carbocycles. The Hall–Kier alpha value is -1.23. The van der Waals surface area contributed by atoms with Crippen molar-refractivity contribution in [2.24, 2.45) is 0 Å². The van der Waals surface area contributed by atoms with E-state index in [0.29, 0.717) is 12.4 Å². The van der Waals surface area contributed by atoms with Crippen LogP contribution in [0.5, 0.6) is 0 Å². The van der Waals surface area contributed by atoms with E-state index in [1.165, 1.54) is 4.20 Å². The molecule has 88 valence electrons. The van der Waals surface area contributed by atoms with Crippen molar-refractivity contribution in [3.8, 4) is 0 Å². The molecule has 0 radical (unpaired) electrons. The van der Waals surface area contributed by atoms with Crippen molar-refractivity contribution in [3.63, 3.8) is 0 Å². The molecule has 0 aliphatic carbocycles. The molecule has 16 heavy (non-hydrogen) atoms. The summed E-state index contributed by atoms with van der Waals surface area (Å²) in [5.41, 5.74) is 1.93. The second-order valence-corrected chi connectivity index (χ2v) is 5.34. The van der Waals surface area contributed by atoms with Gasteiger partial charge in [-0.15, -0.1) is 5.10 Å². The third-order valence-electron chi connectivity index (χ3n) is 2.60. The second kappa shape index (κ2) is 3.38. The molecule has 0 spiro atoms. The van der Waals surface area contributed by atoms with E-state index in [2.05, 4.69) is 10.4 Å². The van der Waals surface area contributed by atoms with Crippen molar-refractivity contribution in [2.45, 2.75) is 26.2 Å². The number of hydrogen-bond acceptors (Lipinski definition) is 3. The Balaban J connectivity index is 2.68. The van der Waals surface area contributed by atoms with Gasteiger partial charge in [0.1, 0.15) is 0 Å². The normalized spacial score (nSPS) is 16.1. The van der Waals surface area contributed by atoms with Crippen LogP contribution in [0.25, 0.3) is 0 Å². The summed E-state index contributed by atoms with van der Waals surface area (Å²) in [4.78, 5) is 13.6. The lowest BCUT2D eigenvalue weighted by molar-refractivity contribution is 0.0943. The highest BCUT2D eigenvalue weighted by Crippen LogP contribution is 2.36. The fourth-order valence-electron chi connectivity index (χ4n) is 1.88. The fraction of sp³-hybridized carbons (Fsp3) is 0.600. The highest BCUT2D eigenvalue weighted by molar-refractivity contribution is 6.16. The molecule has 1 amide bonds. The molecule has 1 aromatic rings. The first kappa shape index (κ1) is 11.3. The lowest BCUT2D eigenvalue weighted by atomic mass is 9.90. The smallest absolute Gasteiger partial charge is 0.275 e. The second-order valence-electron chi connectivity index (χ2n) is 5.02. The number of fused-ring (bicyclic) bond motifs is 1. The summed E-state index contributed by atoms with van der Waals surface area (Å²) < 4.78 is 1.28. The number of carbonyl (C=O) groups excluding carboxylic acids is 1. The van der Waals surface area contributed by atoms with Gasteiger partial charge in [0.25, 0.3) is 5.91 Å². The molecule has 0 bridgehead atoms. The van der Waals surface area contributed by atoms with E-state index in [1.807, 2.05) is 32.7 Å². The average Bonchev–Trinajstić information content (AvgIpc) is 2.49. The van der Waals surface area contributed by atoms with Gasteiger partial charge >= 0.3 is 0 Å². The predicted octanol–water partition coefficient (Wildman–Crippen LogP) is 1.32. The number of nitrogens with zero attached hydrogens (tertiary/aromatic N) is 3. The number of carbonyl (C=O) groups is 1. The number of nitrogens with one attached hydrogen (secondary N) is 1. The Morgan fingerprint density at radius 2 is 2.06 bits per heavy atom. The highest BCUT2D eigenvalue weighted by atomic mass is 35.5. The van der Waals surface area contributed by atoms with Gasteiger partial charge in [0.15, 0.2) is 5.69 Å². The third kappa shape index (κ3) is 1.55. The summed E-state index contributed by atoms with van der Waals surface area (Å²) in [6.07, 6.45) is 0. The van der Waals surface area contributed by atoms with Crippen LogP contribution in [0.3, 0.4) is 0 Å². The Kier molecular flexibility index (Phi) is 2.38. The number of amides is 1. The molecule has 5 nitrogen and oxygen atoms in total. The molecule has 0 saturated carbocycles. The molecule has 0 fully saturated rings. The molecule has 1 N–H and O–H groups in total. The zero-order valence-corrected chi connectivity index (χ0v) is 10.6. The summed E-state index contributed by atoms with van der Waals surface area (Å²) in [5.74, 6) is -0.169. The van der Waals surface area contributed by atoms with Crippen molar-refractivity contribution >= 4 is 23.4 Å². The summed E-state index contributed by atoms with van der Waals surface area (Å²) in [7, 11) is 1.91. The molecule has 2 rings (SSSR count). The third-order valence-corrected chi connectivity index (χ3v) is 2.85. The fourth-order valence-corrected chi connectivity index (χ4v) is 2.29. The van der Waals surface area contributed by atoms with Gasteiger partial charge in [-0.3, -0.25) is 4.79 Å². The van der Waals surface area contributed by atoms with Crippen LogP contribution in [0.4, 0.5) is 5.69 Å². The van der Waals surface area contributed by atoms with Crippen LogP contribution in [0.2, 0.25) is 0 Å². The lowest BCUT2D eigenvalue weighted by Gasteiger charge is -2.28. The van der Waals surface area contributed by atoms with Crippen LogP contribution < -0.4 is 10.2 Å². The van der Waals surface area contributed by atoms with E-state index in [4.69, 9.17) is 11.8 Å². The lowest BCUT2D eigenvalue weighted by Crippen LogP contribution is -2.41. The Labute approximate surface area is 99.5 Å². The van der Waals surface area contributed by atoms with Gasteiger partial charge in [-0.05, 0) is 0 Å². The average molecular weight is 243 g/mol. The molecule has 0 atom stereocenters. The Bertz CT molecular complexity index is 446. The number of rotatable bonds is 0. The summed E-state index contributed by atoms with van der Waals surface area (Å²) in [6, 6.07) is 0. The van der Waals surface area contributed by atoms with Crippen molar-refractivity contribution in [2.75, 3.05) is 18.6 Å². The van der Waals surface area contributed by atoms with Gasteiger partial charge in [0.2, 0.25) is 0 Å². The Morgan fingerprint density at radius 1 is 1.44 bits per heavy atom. The van der Waals surface area contributed by atoms with E-state index in [-0.39, 0.29) is 11.3 Å². The molecule has 1 aromatic heterocycles. The number of halogens is 1. The maximum absolute atomic E-state index is 11.7. The van der Waals surface area contributed by atoms with Crippen LogP contribution in [0, 0.1) is 0 Å². The summed E-state index contributed by atoms with van der Waals surface area (Å²) in [6.45, 7) is 6.62. The highest BCUT2D eigenvalue weighted by Gasteiger charge is 2.34. The zero-order chi connectivity index (χ0) is 12.1. The zero-order valence-electron chi connectivity index (χ0n) is 9.83. The van der Waals surface area contributed by atoms with E-state index in [0.717, 1.165) is 11.4 Å². The van der Waals surface area contributed by atoms with Gasteiger partial charge in [0.05, 0.1) is 18.1 Å². The van der Waals surface area contributed by atoms with E-state index < -0.39 is 0 Å². The van der Waals surface area contributed by atoms with Crippen molar-refractivity contribution < 1.29 is 4.79 Å². The van der Waals surface area contributed by atoms with Crippen LogP contribution in [0.1, 0.15) is 37.0 Å². The van der Waals surface area contributed by atoms with Crippen LogP contribution >= 0.6 is 11.8 Å². The molecule has 6 heteroatoms. The maximum atomic E-state index is 11.7. The first-order valence-corrected chi connectivity index (χ1v) is 5.45. The topological polar surface area (TPSA) is 50.2 Å². The largest absolute Gasteiger partial charge is 0.354 e. The minimum absolute atomic E-state index is 0.159. The molecule has 0 unspecified atom stereocenters. The molecule has 1 aliphatic rings. The molecular formula is C10H15ClN4O. The standard InChI is InChI=1S/C10H15ClN4O/c1-10(2,3)8-7-6(13-15(8)11)9(16)12-5-14(7)4/h5H2,1-4H3,(H,12,16).